The highest BCUT2D eigenvalue weighted by molar-refractivity contribution is 5.85. The Hall–Kier alpha value is -1.26. The van der Waals surface area contributed by atoms with Crippen LogP contribution in [0.15, 0.2) is 30.3 Å². The van der Waals surface area contributed by atoms with Crippen LogP contribution in [0.25, 0.3) is 0 Å². The van der Waals surface area contributed by atoms with Crippen molar-refractivity contribution >= 4 is 24.0 Å². The Morgan fingerprint density at radius 3 is 2.46 bits per heavy atom. The lowest BCUT2D eigenvalue weighted by atomic mass is 10.3. The molecule has 1 rings (SSSR count). The van der Waals surface area contributed by atoms with E-state index >= 15 is 0 Å². The van der Waals surface area contributed by atoms with Crippen LogP contribution in [-0.2, 0) is 4.79 Å². The van der Waals surface area contributed by atoms with Crippen LogP contribution in [0.2, 0.25) is 0 Å². The third kappa shape index (κ3) is 4.35. The lowest BCUT2D eigenvalue weighted by Gasteiger charge is -2.03. The van der Waals surface area contributed by atoms with Crippen molar-refractivity contribution in [2.24, 2.45) is 5.84 Å². The maximum Gasteiger partial charge on any atom is 0.253 e. The maximum absolute atomic E-state index is 10.7. The number of amides is 1. The SMILES string of the molecule is Cl.NNC(=O)CNc1ccccc1. The van der Waals surface area contributed by atoms with Gasteiger partial charge in [-0.15, -0.1) is 12.4 Å². The number of carbonyl (C=O) groups is 1. The summed E-state index contributed by atoms with van der Waals surface area (Å²) in [5, 5.41) is 2.90. The zero-order valence-corrected chi connectivity index (χ0v) is 7.80. The van der Waals surface area contributed by atoms with E-state index in [0.717, 1.165) is 5.69 Å². The Labute approximate surface area is 82.9 Å². The molecule has 0 unspecified atom stereocenters. The zero-order chi connectivity index (χ0) is 8.81. The Kier molecular flexibility index (Phi) is 5.67. The molecule has 0 aliphatic heterocycles. The van der Waals surface area contributed by atoms with Gasteiger partial charge in [-0.25, -0.2) is 5.84 Å². The summed E-state index contributed by atoms with van der Waals surface area (Å²) in [7, 11) is 0. The number of hydrogen-bond donors (Lipinski definition) is 3. The van der Waals surface area contributed by atoms with Gasteiger partial charge in [0, 0.05) is 5.69 Å². The highest BCUT2D eigenvalue weighted by Gasteiger charge is 1.95. The van der Waals surface area contributed by atoms with Crippen LogP contribution >= 0.6 is 12.4 Å². The second-order valence-corrected chi connectivity index (χ2v) is 2.29. The number of nitrogens with one attached hydrogen (secondary N) is 2. The first kappa shape index (κ1) is 11.7. The van der Waals surface area contributed by atoms with Gasteiger partial charge in [-0.05, 0) is 12.1 Å². The largest absolute Gasteiger partial charge is 0.376 e. The Morgan fingerprint density at radius 1 is 1.31 bits per heavy atom. The van der Waals surface area contributed by atoms with E-state index in [1.807, 2.05) is 35.8 Å². The molecule has 72 valence electrons. The predicted octanol–water partition coefficient (Wildman–Crippen LogP) is 0.510. The van der Waals surface area contributed by atoms with Gasteiger partial charge in [-0.2, -0.15) is 0 Å². The van der Waals surface area contributed by atoms with E-state index in [1.165, 1.54) is 0 Å². The van der Waals surface area contributed by atoms with Gasteiger partial charge in [-0.3, -0.25) is 10.2 Å². The van der Waals surface area contributed by atoms with Crippen molar-refractivity contribution in [3.63, 3.8) is 0 Å². The average molecular weight is 202 g/mol. The maximum atomic E-state index is 10.7. The van der Waals surface area contributed by atoms with Crippen molar-refractivity contribution in [2.45, 2.75) is 0 Å². The van der Waals surface area contributed by atoms with Crippen molar-refractivity contribution in [1.82, 2.24) is 5.43 Å². The first-order chi connectivity index (χ1) is 5.83. The molecule has 0 aliphatic carbocycles. The quantitative estimate of drug-likeness (QED) is 0.379. The summed E-state index contributed by atoms with van der Waals surface area (Å²) in [5.74, 6) is 4.66. The second kappa shape index (κ2) is 6.28. The van der Waals surface area contributed by atoms with Crippen LogP contribution in [0.1, 0.15) is 0 Å². The molecule has 4 nitrogen and oxygen atoms in total. The van der Waals surface area contributed by atoms with E-state index in [4.69, 9.17) is 5.84 Å². The molecule has 0 radical (unpaired) electrons. The number of nitrogens with two attached hydrogens (primary N) is 1. The van der Waals surface area contributed by atoms with Crippen LogP contribution < -0.4 is 16.6 Å². The van der Waals surface area contributed by atoms with Crippen molar-refractivity contribution < 1.29 is 4.79 Å². The van der Waals surface area contributed by atoms with E-state index in [0.29, 0.717) is 0 Å². The number of benzene rings is 1. The van der Waals surface area contributed by atoms with Gasteiger partial charge in [0.2, 0.25) is 0 Å². The highest BCUT2D eigenvalue weighted by Crippen LogP contribution is 2.03. The minimum absolute atomic E-state index is 0. The van der Waals surface area contributed by atoms with E-state index in [1.54, 1.807) is 0 Å². The molecule has 0 heterocycles. The fraction of sp³-hybridized carbons (Fsp3) is 0.125. The van der Waals surface area contributed by atoms with Crippen LogP contribution in [-0.4, -0.2) is 12.5 Å². The Bertz CT molecular complexity index is 253. The fourth-order valence-electron chi connectivity index (χ4n) is 0.789. The van der Waals surface area contributed by atoms with Gasteiger partial charge in [0.1, 0.15) is 0 Å². The summed E-state index contributed by atoms with van der Waals surface area (Å²) in [5.41, 5.74) is 2.94. The number of anilines is 1. The van der Waals surface area contributed by atoms with E-state index in [9.17, 15) is 4.79 Å². The van der Waals surface area contributed by atoms with Gasteiger partial charge in [-0.1, -0.05) is 18.2 Å². The molecule has 4 N–H and O–H groups in total. The molecule has 1 amide bonds. The van der Waals surface area contributed by atoms with Crippen LogP contribution in [0, 0.1) is 0 Å². The van der Waals surface area contributed by atoms with Crippen LogP contribution in [0.5, 0.6) is 0 Å². The third-order valence-corrected chi connectivity index (χ3v) is 1.39. The minimum atomic E-state index is -0.237. The molecule has 0 fully saturated rings. The molecule has 1 aromatic rings. The predicted molar refractivity (Wildman–Crippen MR) is 54.5 cm³/mol. The number of hydrazine groups is 1. The number of rotatable bonds is 3. The number of halogens is 1. The van der Waals surface area contributed by atoms with Gasteiger partial charge in [0.25, 0.3) is 5.91 Å². The second-order valence-electron chi connectivity index (χ2n) is 2.29. The topological polar surface area (TPSA) is 67.1 Å². The van der Waals surface area contributed by atoms with E-state index in [-0.39, 0.29) is 24.9 Å². The monoisotopic (exact) mass is 201 g/mol. The van der Waals surface area contributed by atoms with Crippen molar-refractivity contribution in [2.75, 3.05) is 11.9 Å². The Morgan fingerprint density at radius 2 is 1.92 bits per heavy atom. The standard InChI is InChI=1S/C8H11N3O.ClH/c9-11-8(12)6-10-7-4-2-1-3-5-7;/h1-5,10H,6,9H2,(H,11,12);1H. The summed E-state index contributed by atoms with van der Waals surface area (Å²) in [4.78, 5) is 10.7. The van der Waals surface area contributed by atoms with Crippen molar-refractivity contribution in [1.29, 1.82) is 0 Å². The van der Waals surface area contributed by atoms with Crippen molar-refractivity contribution in [3.05, 3.63) is 30.3 Å². The summed E-state index contributed by atoms with van der Waals surface area (Å²) in [6.45, 7) is 0.195. The molecule has 0 atom stereocenters. The lowest BCUT2D eigenvalue weighted by Crippen LogP contribution is -2.35. The molecule has 5 heteroatoms. The van der Waals surface area contributed by atoms with Crippen molar-refractivity contribution in [3.8, 4) is 0 Å². The lowest BCUT2D eigenvalue weighted by molar-refractivity contribution is -0.119. The molecular weight excluding hydrogens is 190 g/mol. The highest BCUT2D eigenvalue weighted by atomic mass is 35.5. The Balaban J connectivity index is 0.00000144. The molecule has 0 spiro atoms. The first-order valence-corrected chi connectivity index (χ1v) is 3.61. The zero-order valence-electron chi connectivity index (χ0n) is 6.99. The third-order valence-electron chi connectivity index (χ3n) is 1.39. The van der Waals surface area contributed by atoms with Gasteiger partial charge >= 0.3 is 0 Å². The first-order valence-electron chi connectivity index (χ1n) is 3.61. The molecule has 0 aliphatic rings. The summed E-state index contributed by atoms with van der Waals surface area (Å²) >= 11 is 0. The average Bonchev–Trinajstić information content (AvgIpc) is 2.16. The van der Waals surface area contributed by atoms with Crippen LogP contribution in [0.3, 0.4) is 0 Å². The van der Waals surface area contributed by atoms with E-state index < -0.39 is 0 Å². The van der Waals surface area contributed by atoms with Gasteiger partial charge < -0.3 is 5.32 Å². The molecular formula is C8H12ClN3O. The van der Waals surface area contributed by atoms with Crippen LogP contribution in [0.4, 0.5) is 5.69 Å². The van der Waals surface area contributed by atoms with E-state index in [2.05, 4.69) is 5.32 Å². The molecule has 0 bridgehead atoms. The smallest absolute Gasteiger partial charge is 0.253 e. The fourth-order valence-corrected chi connectivity index (χ4v) is 0.789. The minimum Gasteiger partial charge on any atom is -0.376 e. The van der Waals surface area contributed by atoms with Gasteiger partial charge in [0.05, 0.1) is 6.54 Å². The molecule has 0 aromatic heterocycles. The number of carbonyl (C=O) groups excluding carboxylic acids is 1. The molecule has 0 saturated carbocycles. The molecule has 1 aromatic carbocycles. The normalized spacial score (nSPS) is 8.38. The molecule has 0 saturated heterocycles. The molecule has 13 heavy (non-hydrogen) atoms. The number of para-hydroxylation sites is 1. The summed E-state index contributed by atoms with van der Waals surface area (Å²) < 4.78 is 0. The summed E-state index contributed by atoms with van der Waals surface area (Å²) in [6.07, 6.45) is 0. The summed E-state index contributed by atoms with van der Waals surface area (Å²) in [6, 6.07) is 9.45. The number of hydrogen-bond acceptors (Lipinski definition) is 3. The van der Waals surface area contributed by atoms with Gasteiger partial charge in [0.15, 0.2) is 0 Å².